The summed E-state index contributed by atoms with van der Waals surface area (Å²) in [5.41, 5.74) is 8.81. The molecule has 5 rings (SSSR count). The number of ether oxygens (including phenoxy) is 1. The molecule has 4 atom stereocenters. The second-order valence-electron chi connectivity index (χ2n) is 8.06. The van der Waals surface area contributed by atoms with E-state index in [0.717, 1.165) is 48.7 Å². The number of nitrogens with two attached hydrogens (primary N) is 1. The van der Waals surface area contributed by atoms with E-state index < -0.39 is 0 Å². The van der Waals surface area contributed by atoms with Gasteiger partial charge < -0.3 is 15.4 Å². The van der Waals surface area contributed by atoms with Crippen LogP contribution >= 0.6 is 11.3 Å². The van der Waals surface area contributed by atoms with Crippen LogP contribution < -0.4 is 10.6 Å². The van der Waals surface area contributed by atoms with E-state index in [2.05, 4.69) is 48.2 Å². The summed E-state index contributed by atoms with van der Waals surface area (Å²) >= 11 is 1.67. The van der Waals surface area contributed by atoms with E-state index in [1.807, 2.05) is 17.7 Å². The Hall–Kier alpha value is -2.52. The number of thiophene rings is 1. The fourth-order valence-electron chi connectivity index (χ4n) is 4.83. The molecule has 2 aliphatic rings. The molecule has 152 valence electrons. The number of rotatable bonds is 4. The average Bonchev–Trinajstić information content (AvgIpc) is 3.45. The SMILES string of the molecule is CO[C@@H]1C[C@H]2CN(c3cc(C)nc(N)n3)C[C@H]2C[C@H]1n1cc(-c2ccsc2)nn1. The number of nitrogen functional groups attached to an aromatic ring is 1. The normalized spacial score (nSPS) is 26.6. The van der Waals surface area contributed by atoms with Gasteiger partial charge in [0.25, 0.3) is 0 Å². The Morgan fingerprint density at radius 2 is 2.03 bits per heavy atom. The molecular weight excluding hydrogens is 386 g/mol. The van der Waals surface area contributed by atoms with Gasteiger partial charge in [0.15, 0.2) is 0 Å². The first kappa shape index (κ1) is 18.5. The molecule has 29 heavy (non-hydrogen) atoms. The summed E-state index contributed by atoms with van der Waals surface area (Å²) < 4.78 is 7.90. The molecule has 9 heteroatoms. The zero-order valence-corrected chi connectivity index (χ0v) is 17.4. The summed E-state index contributed by atoms with van der Waals surface area (Å²) in [6.07, 6.45) is 4.21. The third-order valence-electron chi connectivity index (χ3n) is 6.24. The van der Waals surface area contributed by atoms with E-state index in [1.165, 1.54) is 0 Å². The van der Waals surface area contributed by atoms with Crippen LogP contribution in [0, 0.1) is 18.8 Å². The summed E-state index contributed by atoms with van der Waals surface area (Å²) in [4.78, 5) is 11.0. The van der Waals surface area contributed by atoms with Gasteiger partial charge in [-0.05, 0) is 43.0 Å². The van der Waals surface area contributed by atoms with Gasteiger partial charge in [-0.15, -0.1) is 5.10 Å². The molecule has 1 aliphatic heterocycles. The smallest absolute Gasteiger partial charge is 0.222 e. The first-order valence-corrected chi connectivity index (χ1v) is 10.9. The summed E-state index contributed by atoms with van der Waals surface area (Å²) in [6.45, 7) is 3.90. The third-order valence-corrected chi connectivity index (χ3v) is 6.92. The molecule has 2 fully saturated rings. The first-order chi connectivity index (χ1) is 14.1. The fourth-order valence-corrected chi connectivity index (χ4v) is 5.48. The topological polar surface area (TPSA) is 95.0 Å². The number of hydrogen-bond donors (Lipinski definition) is 1. The van der Waals surface area contributed by atoms with Crippen molar-refractivity contribution < 1.29 is 4.74 Å². The molecule has 2 N–H and O–H groups in total. The van der Waals surface area contributed by atoms with Gasteiger partial charge in [-0.1, -0.05) is 5.21 Å². The zero-order valence-electron chi connectivity index (χ0n) is 16.6. The van der Waals surface area contributed by atoms with Crippen LogP contribution in [-0.2, 0) is 4.74 Å². The van der Waals surface area contributed by atoms with Crippen molar-refractivity contribution in [2.75, 3.05) is 30.8 Å². The monoisotopic (exact) mass is 411 g/mol. The number of aryl methyl sites for hydroxylation is 1. The van der Waals surface area contributed by atoms with Crippen LogP contribution in [0.5, 0.6) is 0 Å². The summed E-state index contributed by atoms with van der Waals surface area (Å²) in [7, 11) is 1.80. The van der Waals surface area contributed by atoms with Gasteiger partial charge in [-0.2, -0.15) is 16.3 Å². The second kappa shape index (κ2) is 7.38. The molecule has 0 aromatic carbocycles. The van der Waals surface area contributed by atoms with Crippen LogP contribution in [0.2, 0.25) is 0 Å². The molecule has 1 saturated heterocycles. The van der Waals surface area contributed by atoms with Crippen molar-refractivity contribution in [1.29, 1.82) is 0 Å². The van der Waals surface area contributed by atoms with E-state index in [4.69, 9.17) is 10.5 Å². The Morgan fingerprint density at radius 1 is 1.21 bits per heavy atom. The number of nitrogens with zero attached hydrogens (tertiary/aromatic N) is 6. The minimum atomic E-state index is 0.130. The van der Waals surface area contributed by atoms with Crippen LogP contribution in [-0.4, -0.2) is 51.3 Å². The molecule has 0 radical (unpaired) electrons. The van der Waals surface area contributed by atoms with E-state index in [-0.39, 0.29) is 12.1 Å². The van der Waals surface area contributed by atoms with Crippen molar-refractivity contribution in [2.24, 2.45) is 11.8 Å². The molecule has 0 unspecified atom stereocenters. The lowest BCUT2D eigenvalue weighted by Gasteiger charge is -2.36. The van der Waals surface area contributed by atoms with Gasteiger partial charge in [0.2, 0.25) is 5.95 Å². The van der Waals surface area contributed by atoms with Crippen LogP contribution in [0.1, 0.15) is 24.6 Å². The van der Waals surface area contributed by atoms with E-state index in [1.54, 1.807) is 18.4 Å². The quantitative estimate of drug-likeness (QED) is 0.705. The highest BCUT2D eigenvalue weighted by atomic mass is 32.1. The van der Waals surface area contributed by atoms with Crippen LogP contribution in [0.25, 0.3) is 11.3 Å². The number of fused-ring (bicyclic) bond motifs is 1. The van der Waals surface area contributed by atoms with E-state index >= 15 is 0 Å². The summed E-state index contributed by atoms with van der Waals surface area (Å²) in [6, 6.07) is 4.29. The van der Waals surface area contributed by atoms with Gasteiger partial charge in [-0.25, -0.2) is 9.67 Å². The Balaban J connectivity index is 1.36. The number of anilines is 2. The van der Waals surface area contributed by atoms with Gasteiger partial charge in [0.1, 0.15) is 11.5 Å². The van der Waals surface area contributed by atoms with Gasteiger partial charge >= 0.3 is 0 Å². The van der Waals surface area contributed by atoms with Gasteiger partial charge in [0.05, 0.1) is 18.3 Å². The minimum Gasteiger partial charge on any atom is -0.379 e. The maximum atomic E-state index is 5.89. The molecule has 4 heterocycles. The Kier molecular flexibility index (Phi) is 4.71. The van der Waals surface area contributed by atoms with Crippen LogP contribution in [0.15, 0.2) is 29.1 Å². The molecular formula is C20H25N7OS. The van der Waals surface area contributed by atoms with Crippen molar-refractivity contribution >= 4 is 23.1 Å². The maximum absolute atomic E-state index is 5.89. The van der Waals surface area contributed by atoms with E-state index in [9.17, 15) is 0 Å². The highest BCUT2D eigenvalue weighted by Gasteiger charge is 2.44. The highest BCUT2D eigenvalue weighted by Crippen LogP contribution is 2.43. The van der Waals surface area contributed by atoms with Crippen LogP contribution in [0.4, 0.5) is 11.8 Å². The molecule has 3 aromatic heterocycles. The third kappa shape index (κ3) is 3.49. The molecule has 0 bridgehead atoms. The predicted octanol–water partition coefficient (Wildman–Crippen LogP) is 2.79. The molecule has 1 saturated carbocycles. The Labute approximate surface area is 173 Å². The van der Waals surface area contributed by atoms with Crippen LogP contribution in [0.3, 0.4) is 0 Å². The molecule has 3 aromatic rings. The first-order valence-electron chi connectivity index (χ1n) is 9.94. The molecule has 8 nitrogen and oxygen atoms in total. The number of hydrogen-bond acceptors (Lipinski definition) is 8. The summed E-state index contributed by atoms with van der Waals surface area (Å²) in [5.74, 6) is 2.41. The van der Waals surface area contributed by atoms with Crippen molar-refractivity contribution in [3.05, 3.63) is 34.8 Å². The lowest BCUT2D eigenvalue weighted by atomic mass is 9.77. The van der Waals surface area contributed by atoms with Crippen molar-refractivity contribution in [3.8, 4) is 11.3 Å². The molecule has 1 aliphatic carbocycles. The predicted molar refractivity (Wildman–Crippen MR) is 113 cm³/mol. The molecule has 0 spiro atoms. The van der Waals surface area contributed by atoms with E-state index in [0.29, 0.717) is 17.8 Å². The number of aromatic nitrogens is 5. The second-order valence-corrected chi connectivity index (χ2v) is 8.84. The lowest BCUT2D eigenvalue weighted by molar-refractivity contribution is -0.00541. The van der Waals surface area contributed by atoms with Gasteiger partial charge in [0, 0.05) is 42.9 Å². The largest absolute Gasteiger partial charge is 0.379 e. The number of methoxy groups -OCH3 is 1. The lowest BCUT2D eigenvalue weighted by Crippen LogP contribution is -2.37. The highest BCUT2D eigenvalue weighted by molar-refractivity contribution is 7.08. The Morgan fingerprint density at radius 3 is 2.76 bits per heavy atom. The van der Waals surface area contributed by atoms with Crippen molar-refractivity contribution in [2.45, 2.75) is 31.9 Å². The Bertz CT molecular complexity index is 968. The minimum absolute atomic E-state index is 0.130. The standard InChI is InChI=1S/C20H25N7OS/c1-12-5-19(23-20(21)22-12)26-8-14-6-17(18(28-2)7-15(14)9-26)27-10-16(24-25-27)13-3-4-29-11-13/h3-5,10-11,14-15,17-18H,6-9H2,1-2H3,(H2,21,22,23)/t14-,15+,17-,18-/m1/s1. The molecule has 0 amide bonds. The summed E-state index contributed by atoms with van der Waals surface area (Å²) in [5, 5.41) is 13.0. The maximum Gasteiger partial charge on any atom is 0.222 e. The van der Waals surface area contributed by atoms with Gasteiger partial charge in [-0.3, -0.25) is 0 Å². The average molecular weight is 412 g/mol. The van der Waals surface area contributed by atoms with Crippen molar-refractivity contribution in [3.63, 3.8) is 0 Å². The van der Waals surface area contributed by atoms with Crippen molar-refractivity contribution in [1.82, 2.24) is 25.0 Å². The fraction of sp³-hybridized carbons (Fsp3) is 0.500. The zero-order chi connectivity index (χ0) is 20.0.